The maximum absolute atomic E-state index is 12.2. The first-order chi connectivity index (χ1) is 12.8. The number of rotatable bonds is 9. The number of amides is 1. The molecule has 0 saturated heterocycles. The fraction of sp³-hybridized carbons (Fsp3) is 0.500. The summed E-state index contributed by atoms with van der Waals surface area (Å²) in [6, 6.07) is 6.63. The lowest BCUT2D eigenvalue weighted by molar-refractivity contribution is -0.116. The van der Waals surface area contributed by atoms with Crippen molar-refractivity contribution in [1.82, 2.24) is 4.31 Å². The summed E-state index contributed by atoms with van der Waals surface area (Å²) in [5.74, 6) is -0.291. The number of nitrogens with one attached hydrogen (secondary N) is 1. The standard InChI is InChI=1S/C20H28N2O4S/c1-16(23)18-8-10-19(11-9-18)21-20(24)13-15-22(27(2,25)26)14-12-17-6-4-3-5-7-17/h6,8-11H,3-5,7,12-15H2,1-2H3,(H,21,24). The second kappa shape index (κ2) is 9.80. The summed E-state index contributed by atoms with van der Waals surface area (Å²) in [4.78, 5) is 23.4. The highest BCUT2D eigenvalue weighted by atomic mass is 32.2. The molecule has 148 valence electrons. The number of carbonyl (C=O) groups is 2. The lowest BCUT2D eigenvalue weighted by Gasteiger charge is -2.21. The van der Waals surface area contributed by atoms with E-state index in [9.17, 15) is 18.0 Å². The quantitative estimate of drug-likeness (QED) is 0.516. The van der Waals surface area contributed by atoms with Crippen LogP contribution in [0.3, 0.4) is 0 Å². The third kappa shape index (κ3) is 7.27. The van der Waals surface area contributed by atoms with Crippen molar-refractivity contribution in [3.63, 3.8) is 0 Å². The molecule has 0 bridgehead atoms. The van der Waals surface area contributed by atoms with E-state index in [1.54, 1.807) is 24.3 Å². The van der Waals surface area contributed by atoms with Crippen LogP contribution in [-0.4, -0.2) is 43.8 Å². The van der Waals surface area contributed by atoms with Crippen LogP contribution in [0.15, 0.2) is 35.9 Å². The van der Waals surface area contributed by atoms with Gasteiger partial charge >= 0.3 is 0 Å². The highest BCUT2D eigenvalue weighted by Crippen LogP contribution is 2.21. The van der Waals surface area contributed by atoms with Gasteiger partial charge in [-0.15, -0.1) is 0 Å². The number of allylic oxidation sites excluding steroid dienone is 1. The van der Waals surface area contributed by atoms with E-state index in [1.807, 2.05) is 0 Å². The van der Waals surface area contributed by atoms with E-state index >= 15 is 0 Å². The summed E-state index contributed by atoms with van der Waals surface area (Å²) in [5, 5.41) is 2.74. The van der Waals surface area contributed by atoms with Crippen LogP contribution in [0.5, 0.6) is 0 Å². The molecule has 6 nitrogen and oxygen atoms in total. The van der Waals surface area contributed by atoms with Crippen molar-refractivity contribution in [1.29, 1.82) is 0 Å². The van der Waals surface area contributed by atoms with Gasteiger partial charge in [-0.05, 0) is 63.3 Å². The highest BCUT2D eigenvalue weighted by molar-refractivity contribution is 7.88. The van der Waals surface area contributed by atoms with E-state index in [0.717, 1.165) is 25.7 Å². The first kappa shape index (κ1) is 21.3. The maximum Gasteiger partial charge on any atom is 0.225 e. The number of benzene rings is 1. The predicted octanol–water partition coefficient (Wildman–Crippen LogP) is 3.37. The fourth-order valence-corrected chi connectivity index (χ4v) is 3.93. The lowest BCUT2D eigenvalue weighted by atomic mass is 9.97. The Hall–Kier alpha value is -1.99. The third-order valence-corrected chi connectivity index (χ3v) is 6.00. The van der Waals surface area contributed by atoms with Crippen LogP contribution in [0.2, 0.25) is 0 Å². The van der Waals surface area contributed by atoms with Gasteiger partial charge in [-0.25, -0.2) is 12.7 Å². The molecule has 1 aliphatic carbocycles. The van der Waals surface area contributed by atoms with Crippen molar-refractivity contribution in [3.05, 3.63) is 41.5 Å². The maximum atomic E-state index is 12.2. The van der Waals surface area contributed by atoms with Crippen molar-refractivity contribution in [3.8, 4) is 0 Å². The largest absolute Gasteiger partial charge is 0.326 e. The Balaban J connectivity index is 1.86. The molecule has 1 N–H and O–H groups in total. The fourth-order valence-electron chi connectivity index (χ4n) is 3.08. The van der Waals surface area contributed by atoms with E-state index in [4.69, 9.17) is 0 Å². The van der Waals surface area contributed by atoms with Crippen LogP contribution in [-0.2, 0) is 14.8 Å². The van der Waals surface area contributed by atoms with Gasteiger partial charge in [-0.2, -0.15) is 0 Å². The minimum absolute atomic E-state index is 0.0373. The molecular weight excluding hydrogens is 364 g/mol. The summed E-state index contributed by atoms with van der Waals surface area (Å²) < 4.78 is 25.4. The zero-order valence-electron chi connectivity index (χ0n) is 16.0. The SMILES string of the molecule is CC(=O)c1ccc(NC(=O)CCN(CCC2=CCCCC2)S(C)(=O)=O)cc1. The number of anilines is 1. The van der Waals surface area contributed by atoms with Gasteiger partial charge in [0, 0.05) is 30.8 Å². The molecule has 0 spiro atoms. The molecule has 0 aromatic heterocycles. The summed E-state index contributed by atoms with van der Waals surface area (Å²) in [7, 11) is -3.36. The second-order valence-corrected chi connectivity index (χ2v) is 8.93. The first-order valence-electron chi connectivity index (χ1n) is 9.29. The first-order valence-corrected chi connectivity index (χ1v) is 11.1. The van der Waals surface area contributed by atoms with E-state index < -0.39 is 10.0 Å². The minimum atomic E-state index is -3.36. The van der Waals surface area contributed by atoms with Crippen molar-refractivity contribution >= 4 is 27.4 Å². The van der Waals surface area contributed by atoms with Gasteiger partial charge < -0.3 is 5.32 Å². The van der Waals surface area contributed by atoms with Crippen LogP contribution in [0.1, 0.15) is 55.8 Å². The number of carbonyl (C=O) groups excluding carboxylic acids is 2. The average Bonchev–Trinajstić information content (AvgIpc) is 2.62. The Morgan fingerprint density at radius 2 is 1.81 bits per heavy atom. The zero-order valence-corrected chi connectivity index (χ0v) is 16.8. The van der Waals surface area contributed by atoms with Crippen LogP contribution in [0.4, 0.5) is 5.69 Å². The van der Waals surface area contributed by atoms with Gasteiger partial charge in [0.15, 0.2) is 5.78 Å². The lowest BCUT2D eigenvalue weighted by Crippen LogP contribution is -2.34. The van der Waals surface area contributed by atoms with E-state index in [2.05, 4.69) is 11.4 Å². The summed E-state index contributed by atoms with van der Waals surface area (Å²) in [6.07, 6.45) is 8.67. The third-order valence-electron chi connectivity index (χ3n) is 4.70. The Morgan fingerprint density at radius 1 is 1.11 bits per heavy atom. The molecule has 1 aromatic carbocycles. The van der Waals surface area contributed by atoms with Crippen molar-refractivity contribution < 1.29 is 18.0 Å². The molecule has 27 heavy (non-hydrogen) atoms. The molecule has 0 fully saturated rings. The smallest absolute Gasteiger partial charge is 0.225 e. The van der Waals surface area contributed by atoms with Gasteiger partial charge in [0.25, 0.3) is 0 Å². The Kier molecular flexibility index (Phi) is 7.74. The van der Waals surface area contributed by atoms with Gasteiger partial charge in [0.1, 0.15) is 0 Å². The minimum Gasteiger partial charge on any atom is -0.326 e. The zero-order chi connectivity index (χ0) is 19.9. The van der Waals surface area contributed by atoms with Crippen molar-refractivity contribution in [2.45, 2.75) is 45.4 Å². The topological polar surface area (TPSA) is 83.6 Å². The highest BCUT2D eigenvalue weighted by Gasteiger charge is 2.18. The number of ketones is 1. The van der Waals surface area contributed by atoms with E-state index in [1.165, 1.54) is 29.5 Å². The predicted molar refractivity (Wildman–Crippen MR) is 107 cm³/mol. The van der Waals surface area contributed by atoms with Crippen LogP contribution in [0, 0.1) is 0 Å². The van der Waals surface area contributed by atoms with E-state index in [0.29, 0.717) is 17.8 Å². The molecule has 7 heteroatoms. The van der Waals surface area contributed by atoms with Crippen molar-refractivity contribution in [2.75, 3.05) is 24.7 Å². The monoisotopic (exact) mass is 392 g/mol. The molecule has 0 heterocycles. The molecule has 2 rings (SSSR count). The number of Topliss-reactive ketones (excluding diaryl/α,β-unsaturated/α-hetero) is 1. The van der Waals surface area contributed by atoms with Crippen molar-refractivity contribution in [2.24, 2.45) is 0 Å². The Labute approximate surface area is 161 Å². The molecule has 0 atom stereocenters. The summed E-state index contributed by atoms with van der Waals surface area (Å²) in [6.45, 7) is 2.05. The molecule has 0 saturated carbocycles. The van der Waals surface area contributed by atoms with Gasteiger partial charge in [0.2, 0.25) is 15.9 Å². The molecular formula is C20H28N2O4S. The average molecular weight is 393 g/mol. The molecule has 0 radical (unpaired) electrons. The van der Waals surface area contributed by atoms with Crippen LogP contribution in [0.25, 0.3) is 0 Å². The summed E-state index contributed by atoms with van der Waals surface area (Å²) in [5.41, 5.74) is 2.47. The molecule has 0 unspecified atom stereocenters. The number of nitrogens with zero attached hydrogens (tertiary/aromatic N) is 1. The second-order valence-electron chi connectivity index (χ2n) is 6.95. The van der Waals surface area contributed by atoms with Gasteiger partial charge in [0.05, 0.1) is 6.26 Å². The Bertz CT molecular complexity index is 798. The molecule has 1 aliphatic rings. The van der Waals surface area contributed by atoms with Crippen LogP contribution < -0.4 is 5.32 Å². The molecule has 1 amide bonds. The van der Waals surface area contributed by atoms with Gasteiger partial charge in [-0.3, -0.25) is 9.59 Å². The van der Waals surface area contributed by atoms with Crippen LogP contribution >= 0.6 is 0 Å². The van der Waals surface area contributed by atoms with Gasteiger partial charge in [-0.1, -0.05) is 11.6 Å². The van der Waals surface area contributed by atoms with E-state index in [-0.39, 0.29) is 24.7 Å². The Morgan fingerprint density at radius 3 is 2.37 bits per heavy atom. The number of sulfonamides is 1. The summed E-state index contributed by atoms with van der Waals surface area (Å²) >= 11 is 0. The molecule has 0 aliphatic heterocycles. The number of hydrogen-bond acceptors (Lipinski definition) is 4. The molecule has 1 aromatic rings. The normalized spacial score (nSPS) is 14.7. The number of hydrogen-bond donors (Lipinski definition) is 1.